The van der Waals surface area contributed by atoms with E-state index in [0.29, 0.717) is 72.4 Å². The number of aromatic nitrogens is 1. The first-order valence-corrected chi connectivity index (χ1v) is 23.6. The first-order valence-electron chi connectivity index (χ1n) is 22.9. The van der Waals surface area contributed by atoms with Gasteiger partial charge in [0.05, 0.1) is 17.2 Å². The Morgan fingerprint density at radius 3 is 2.26 bits per heavy atom. The lowest BCUT2D eigenvalue weighted by atomic mass is 9.44. The molecule has 2 saturated heterocycles. The van der Waals surface area contributed by atoms with E-state index in [1.54, 1.807) is 48.4 Å². The Morgan fingerprint density at radius 2 is 1.65 bits per heavy atom. The van der Waals surface area contributed by atoms with Gasteiger partial charge in [-0.05, 0) is 79.5 Å². The van der Waals surface area contributed by atoms with Crippen molar-refractivity contribution in [3.05, 3.63) is 87.5 Å². The van der Waals surface area contributed by atoms with Gasteiger partial charge in [0.2, 0.25) is 17.7 Å². The first kappa shape index (κ1) is 49.7. The smallest absolute Gasteiger partial charge is 0.249 e. The summed E-state index contributed by atoms with van der Waals surface area (Å²) in [7, 11) is 0. The third kappa shape index (κ3) is 12.0. The van der Waals surface area contributed by atoms with Crippen LogP contribution < -0.4 is 20.3 Å². The molecule has 0 radical (unpaired) electrons. The quantitative estimate of drug-likeness (QED) is 0.122. The van der Waals surface area contributed by atoms with E-state index < -0.39 is 18.2 Å². The molecule has 1 saturated carbocycles. The molecule has 3 aromatic rings. The first-order chi connectivity index (χ1) is 30.8. The molecule has 0 bridgehead atoms. The van der Waals surface area contributed by atoms with E-state index in [-0.39, 0.29) is 58.2 Å². The summed E-state index contributed by atoms with van der Waals surface area (Å²) in [5.41, 5.74) is 1.33. The number of halogens is 2. The molecule has 1 aliphatic carbocycles. The number of rotatable bonds is 18. The molecule has 13 nitrogen and oxygen atoms in total. The second-order valence-electron chi connectivity index (χ2n) is 19.7. The van der Waals surface area contributed by atoms with Crippen molar-refractivity contribution in [1.29, 1.82) is 5.26 Å². The number of hydrogen-bond acceptors (Lipinski definition) is 10. The molecule has 4 atom stereocenters. The van der Waals surface area contributed by atoms with Crippen LogP contribution in [0.5, 0.6) is 5.75 Å². The minimum absolute atomic E-state index is 0.0476. The van der Waals surface area contributed by atoms with Crippen molar-refractivity contribution in [1.82, 2.24) is 25.4 Å². The van der Waals surface area contributed by atoms with Crippen molar-refractivity contribution in [3.63, 3.8) is 0 Å². The molecule has 3 aliphatic rings. The molecular weight excluding hydrogens is 865 g/mol. The number of amides is 3. The number of nitrogens with zero attached hydrogens (tertiary/aromatic N) is 5. The summed E-state index contributed by atoms with van der Waals surface area (Å²) in [4.78, 5) is 65.0. The number of piperazine rings is 1. The fraction of sp³-hybridized carbons (Fsp3) is 0.560. The highest BCUT2D eigenvalue weighted by molar-refractivity contribution is 6.31. The van der Waals surface area contributed by atoms with Gasteiger partial charge in [-0.15, -0.1) is 0 Å². The van der Waals surface area contributed by atoms with E-state index in [1.165, 1.54) is 0 Å². The minimum atomic E-state index is -0.829. The summed E-state index contributed by atoms with van der Waals surface area (Å²) >= 11 is 12.3. The Kier molecular flexibility index (Phi) is 16.3. The predicted octanol–water partition coefficient (Wildman–Crippen LogP) is 7.57. The average Bonchev–Trinajstić information content (AvgIpc) is 3.67. The Balaban J connectivity index is 0.936. The third-order valence-corrected chi connectivity index (χ3v) is 14.1. The lowest BCUT2D eigenvalue weighted by Gasteiger charge is -2.63. The summed E-state index contributed by atoms with van der Waals surface area (Å²) in [6.45, 7) is 21.1. The number of pyridine rings is 1. The van der Waals surface area contributed by atoms with Crippen LogP contribution in [0.25, 0.3) is 0 Å². The van der Waals surface area contributed by atoms with Gasteiger partial charge in [-0.25, -0.2) is 4.98 Å². The zero-order valence-corrected chi connectivity index (χ0v) is 40.5. The van der Waals surface area contributed by atoms with Crippen LogP contribution in [-0.2, 0) is 25.7 Å². The van der Waals surface area contributed by atoms with Crippen molar-refractivity contribution in [2.75, 3.05) is 50.8 Å². The third-order valence-electron chi connectivity index (χ3n) is 13.5. The summed E-state index contributed by atoms with van der Waals surface area (Å²) in [6, 6.07) is 16.8. The number of hydrogen-bond donors (Lipinski definition) is 2. The number of carbonyl (C=O) groups excluding carboxylic acids is 4. The van der Waals surface area contributed by atoms with Gasteiger partial charge in [0.15, 0.2) is 5.78 Å². The Labute approximate surface area is 394 Å². The van der Waals surface area contributed by atoms with Crippen LogP contribution in [-0.4, -0.2) is 108 Å². The van der Waals surface area contributed by atoms with Gasteiger partial charge in [0.1, 0.15) is 41.9 Å². The fourth-order valence-electron chi connectivity index (χ4n) is 10.1. The highest BCUT2D eigenvalue weighted by Crippen LogP contribution is 2.61. The lowest BCUT2D eigenvalue weighted by Crippen LogP contribution is -2.66. The van der Waals surface area contributed by atoms with Gasteiger partial charge in [-0.1, -0.05) is 83.8 Å². The number of Topliss-reactive ketones (excluding diaryl/α,β-unsaturated/α-hetero) is 1. The molecule has 1 aromatic heterocycles. The van der Waals surface area contributed by atoms with E-state index in [9.17, 15) is 24.4 Å². The predicted molar refractivity (Wildman–Crippen MR) is 253 cm³/mol. The summed E-state index contributed by atoms with van der Waals surface area (Å²) in [5, 5.41) is 16.1. The van der Waals surface area contributed by atoms with Crippen LogP contribution in [0.15, 0.2) is 60.8 Å². The molecule has 3 fully saturated rings. The van der Waals surface area contributed by atoms with Gasteiger partial charge in [0.25, 0.3) is 0 Å². The molecule has 0 spiro atoms. The van der Waals surface area contributed by atoms with Crippen LogP contribution in [0.3, 0.4) is 0 Å². The van der Waals surface area contributed by atoms with Crippen LogP contribution >= 0.6 is 23.2 Å². The van der Waals surface area contributed by atoms with Gasteiger partial charge < -0.3 is 29.9 Å². The number of likely N-dealkylation sites (tertiary alicyclic amines) is 1. The van der Waals surface area contributed by atoms with Crippen LogP contribution in [0.1, 0.15) is 96.1 Å². The summed E-state index contributed by atoms with van der Waals surface area (Å²) in [6.07, 6.45) is 2.23. The zero-order chi connectivity index (χ0) is 47.2. The number of nitrogens with one attached hydrogen (secondary N) is 2. The monoisotopic (exact) mass is 929 g/mol. The number of ether oxygens (including phenoxy) is 2. The van der Waals surface area contributed by atoms with Crippen molar-refractivity contribution >= 4 is 52.5 Å². The van der Waals surface area contributed by atoms with E-state index in [1.807, 2.05) is 45.0 Å². The normalized spacial score (nSPS) is 22.4. The molecule has 65 heavy (non-hydrogen) atoms. The molecule has 2 N–H and O–H groups in total. The SMILES string of the molecule is CC(C)C[C@H](OCCN1CCN(c2ccc(C(=O)CC3C(C)(C)C(Oc4ccc(C#N)c(Cl)c4)C3(C)C)cn2)CC1)C(=O)N[C@@H](C)C(=O)N1C[C@H](C)C[C@H]1C(=O)NCc1ccc(Cl)cc1. The number of benzene rings is 2. The maximum atomic E-state index is 13.7. The standard InChI is InChI=1S/C50H65Cl2N7O6/c1-31(2)23-42(46(62)56-33(4)47(63)59-30-32(3)24-40(59)45(61)55-28-34-9-13-37(51)14-10-34)64-22-21-57-17-19-58(20-18-57)44-16-12-36(29-54-44)41(60)26-43-49(5,6)48(50(43,7)8)65-38-15-11-35(27-53)39(52)25-38/h9-16,25,29,31-33,40,42-43,48H,17-24,26,28,30H2,1-8H3,(H,55,61)(H,56,62)/t32-,33+,40+,42+,43?,48?/m1/s1. The topological polar surface area (TPSA) is 157 Å². The van der Waals surface area contributed by atoms with Crippen LogP contribution in [0, 0.1) is 39.9 Å². The van der Waals surface area contributed by atoms with Crippen molar-refractivity contribution in [2.45, 2.75) is 105 Å². The average molecular weight is 931 g/mol. The molecule has 2 aromatic carbocycles. The lowest BCUT2D eigenvalue weighted by molar-refractivity contribution is -0.196. The van der Waals surface area contributed by atoms with Crippen molar-refractivity contribution < 1.29 is 28.7 Å². The largest absolute Gasteiger partial charge is 0.489 e. The second kappa shape index (κ2) is 21.3. The number of ketones is 1. The highest BCUT2D eigenvalue weighted by Gasteiger charge is 2.63. The van der Waals surface area contributed by atoms with E-state index in [4.69, 9.17) is 37.7 Å². The molecule has 350 valence electrons. The molecular formula is C50H65Cl2N7O6. The minimum Gasteiger partial charge on any atom is -0.489 e. The van der Waals surface area contributed by atoms with Gasteiger partial charge in [0, 0.05) is 85.9 Å². The number of nitriles is 1. The Morgan fingerprint density at radius 1 is 0.954 bits per heavy atom. The Hall–Kier alpha value is -4.74. The molecule has 3 heterocycles. The molecule has 3 amide bonds. The van der Waals surface area contributed by atoms with Gasteiger partial charge >= 0.3 is 0 Å². The number of carbonyl (C=O) groups is 4. The second-order valence-corrected chi connectivity index (χ2v) is 20.6. The highest BCUT2D eigenvalue weighted by atomic mass is 35.5. The summed E-state index contributed by atoms with van der Waals surface area (Å²) < 4.78 is 12.6. The van der Waals surface area contributed by atoms with Crippen molar-refractivity contribution in [2.24, 2.45) is 28.6 Å². The maximum absolute atomic E-state index is 13.7. The zero-order valence-electron chi connectivity index (χ0n) is 39.0. The fourth-order valence-corrected chi connectivity index (χ4v) is 10.5. The summed E-state index contributed by atoms with van der Waals surface area (Å²) in [5.74, 6) is 1.03. The molecule has 0 unspecified atom stereocenters. The molecule has 6 rings (SSSR count). The molecule has 2 aliphatic heterocycles. The van der Waals surface area contributed by atoms with Gasteiger partial charge in [-0.2, -0.15) is 5.26 Å². The van der Waals surface area contributed by atoms with Gasteiger partial charge in [-0.3, -0.25) is 24.1 Å². The van der Waals surface area contributed by atoms with Crippen molar-refractivity contribution in [3.8, 4) is 11.8 Å². The van der Waals surface area contributed by atoms with Crippen LogP contribution in [0.2, 0.25) is 10.0 Å². The van der Waals surface area contributed by atoms with E-state index >= 15 is 0 Å². The number of anilines is 1. The Bertz CT molecular complexity index is 2190. The maximum Gasteiger partial charge on any atom is 0.249 e. The van der Waals surface area contributed by atoms with E-state index in [2.05, 4.69) is 54.2 Å². The van der Waals surface area contributed by atoms with Crippen LogP contribution in [0.4, 0.5) is 5.82 Å². The molecule has 15 heteroatoms. The van der Waals surface area contributed by atoms with E-state index in [0.717, 1.165) is 37.6 Å².